The van der Waals surface area contributed by atoms with Gasteiger partial charge in [0.05, 0.1) is 24.3 Å². The Labute approximate surface area is 441 Å². The highest BCUT2D eigenvalue weighted by atomic mass is 16.5. The number of fused-ring (bicyclic) bond motifs is 10. The highest BCUT2D eigenvalue weighted by molar-refractivity contribution is 5.59. The minimum atomic E-state index is -0.521. The average Bonchev–Trinajstić information content (AvgIpc) is 3.81. The van der Waals surface area contributed by atoms with E-state index in [1.807, 2.05) is 24.3 Å². The first-order chi connectivity index (χ1) is 34.8. The number of aliphatic hydroxyl groups is 2. The fraction of sp³-hybridized carbons (Fsp3) is 0.455. The van der Waals surface area contributed by atoms with Crippen LogP contribution in [-0.4, -0.2) is 58.9 Å². The van der Waals surface area contributed by atoms with E-state index in [4.69, 9.17) is 9.47 Å². The maximum absolute atomic E-state index is 12.8. The van der Waals surface area contributed by atoms with Crippen molar-refractivity contribution in [2.75, 3.05) is 26.3 Å². The van der Waals surface area contributed by atoms with Crippen LogP contribution in [-0.2, 0) is 60.2 Å². The minimum absolute atomic E-state index is 0.188. The molecule has 3 aliphatic rings. The third-order valence-corrected chi connectivity index (χ3v) is 15.8. The van der Waals surface area contributed by atoms with Gasteiger partial charge in [0.2, 0.25) is 0 Å². The number of aliphatic hydroxyl groups excluding tert-OH is 2. The standard InChI is InChI=1S/C66H82N2O6/c1-63(2,3)49-29-41-25-45-33-51(65(7,8)9)35-47(61(45)73-23-21-67-57-53-19-15-13-17-39(53)37-55(57)69)27-43-31-50(64(4,5)6)32-44(60(43)72)28-48-36-52(66(10,11)12)34-46(26-42(30-49)59(41)71)62(48)74-24-22-68-58-54-20-16-14-18-40(54)38-56(58)70/h13-20,29-36,55-58,67-72H,21-28,37-38H2,1-12H3/t55-,56-,57+,58+/m0/s1. The highest BCUT2D eigenvalue weighted by Crippen LogP contribution is 2.44. The van der Waals surface area contributed by atoms with Gasteiger partial charge in [-0.25, -0.2) is 0 Å². The molecule has 0 heterocycles. The third-order valence-electron chi connectivity index (χ3n) is 15.8. The summed E-state index contributed by atoms with van der Waals surface area (Å²) in [5.41, 5.74) is 15.3. The van der Waals surface area contributed by atoms with E-state index in [1.54, 1.807) is 0 Å². The van der Waals surface area contributed by atoms with Gasteiger partial charge in [-0.05, 0) is 111 Å². The number of hydrogen-bond donors (Lipinski definition) is 6. The lowest BCUT2D eigenvalue weighted by Gasteiger charge is -2.28. The van der Waals surface area contributed by atoms with E-state index in [0.717, 1.165) is 89.4 Å². The summed E-state index contributed by atoms with van der Waals surface area (Å²) in [6.45, 7) is 28.4. The van der Waals surface area contributed by atoms with Crippen LogP contribution in [0.1, 0.15) is 184 Å². The number of ether oxygens (including phenoxy) is 2. The maximum Gasteiger partial charge on any atom is 0.126 e. The zero-order chi connectivity index (χ0) is 53.1. The summed E-state index contributed by atoms with van der Waals surface area (Å²) in [6.07, 6.45) is 1.84. The van der Waals surface area contributed by atoms with Crippen LogP contribution < -0.4 is 20.1 Å². The normalized spacial score (nSPS) is 18.8. The molecule has 392 valence electrons. The van der Waals surface area contributed by atoms with Gasteiger partial charge in [0.25, 0.3) is 0 Å². The van der Waals surface area contributed by atoms with Gasteiger partial charge in [-0.1, -0.05) is 180 Å². The predicted molar refractivity (Wildman–Crippen MR) is 300 cm³/mol. The Kier molecular flexibility index (Phi) is 14.7. The average molecular weight is 999 g/mol. The van der Waals surface area contributed by atoms with Crippen molar-refractivity contribution < 1.29 is 29.9 Å². The van der Waals surface area contributed by atoms with Gasteiger partial charge in [-0.3, -0.25) is 0 Å². The molecular weight excluding hydrogens is 917 g/mol. The quantitative estimate of drug-likeness (QED) is 0.0749. The second kappa shape index (κ2) is 20.5. The van der Waals surface area contributed by atoms with Crippen molar-refractivity contribution in [3.05, 3.63) is 186 Å². The molecule has 0 saturated carbocycles. The summed E-state index contributed by atoms with van der Waals surface area (Å²) in [4.78, 5) is 0. The van der Waals surface area contributed by atoms with E-state index in [1.165, 1.54) is 11.1 Å². The van der Waals surface area contributed by atoms with Crippen LogP contribution in [0.4, 0.5) is 0 Å². The molecule has 0 aliphatic heterocycles. The summed E-state index contributed by atoms with van der Waals surface area (Å²) in [7, 11) is 0. The minimum Gasteiger partial charge on any atom is -0.507 e. The molecule has 8 nitrogen and oxygen atoms in total. The van der Waals surface area contributed by atoms with Crippen LogP contribution >= 0.6 is 0 Å². The Morgan fingerprint density at radius 2 is 0.676 bits per heavy atom. The third kappa shape index (κ3) is 11.3. The summed E-state index contributed by atoms with van der Waals surface area (Å²) in [5, 5.41) is 55.1. The molecule has 6 N–H and O–H groups in total. The predicted octanol–water partition coefficient (Wildman–Crippen LogP) is 12.2. The number of aromatic hydroxyl groups is 2. The number of rotatable bonds is 10. The molecule has 0 unspecified atom stereocenters. The van der Waals surface area contributed by atoms with Crippen molar-refractivity contribution in [2.24, 2.45) is 0 Å². The van der Waals surface area contributed by atoms with Gasteiger partial charge in [0.15, 0.2) is 0 Å². The summed E-state index contributed by atoms with van der Waals surface area (Å²) in [6, 6.07) is 33.9. The molecule has 0 amide bonds. The molecule has 3 aliphatic carbocycles. The number of hydrogen-bond acceptors (Lipinski definition) is 8. The van der Waals surface area contributed by atoms with Crippen molar-refractivity contribution >= 4 is 0 Å². The van der Waals surface area contributed by atoms with Gasteiger partial charge < -0.3 is 40.5 Å². The van der Waals surface area contributed by atoms with Crippen LogP contribution in [0.5, 0.6) is 23.0 Å². The monoisotopic (exact) mass is 999 g/mol. The van der Waals surface area contributed by atoms with Crippen LogP contribution in [0, 0.1) is 0 Å². The lowest BCUT2D eigenvalue weighted by molar-refractivity contribution is 0.138. The Morgan fingerprint density at radius 3 is 0.959 bits per heavy atom. The van der Waals surface area contributed by atoms with E-state index in [-0.39, 0.29) is 45.2 Å². The van der Waals surface area contributed by atoms with Gasteiger partial charge in [0.1, 0.15) is 36.2 Å². The largest absolute Gasteiger partial charge is 0.507 e. The molecule has 0 radical (unpaired) electrons. The Bertz CT molecular complexity index is 2730. The second-order valence-corrected chi connectivity index (χ2v) is 25.7. The lowest BCUT2D eigenvalue weighted by Crippen LogP contribution is -2.32. The van der Waals surface area contributed by atoms with Gasteiger partial charge in [-0.15, -0.1) is 0 Å². The van der Waals surface area contributed by atoms with Crippen molar-refractivity contribution in [3.8, 4) is 23.0 Å². The van der Waals surface area contributed by atoms with Gasteiger partial charge in [0, 0.05) is 51.6 Å². The number of phenols is 2. The molecule has 0 aromatic heterocycles. The van der Waals surface area contributed by atoms with Gasteiger partial charge in [-0.2, -0.15) is 0 Å². The van der Waals surface area contributed by atoms with Gasteiger partial charge >= 0.3 is 0 Å². The number of phenolic OH excluding ortho intramolecular Hbond substituents is 2. The fourth-order valence-electron chi connectivity index (χ4n) is 11.4. The van der Waals surface area contributed by atoms with E-state index in [2.05, 4.69) is 167 Å². The molecule has 9 rings (SSSR count). The Balaban J connectivity index is 1.19. The molecule has 74 heavy (non-hydrogen) atoms. The smallest absolute Gasteiger partial charge is 0.126 e. The zero-order valence-corrected chi connectivity index (χ0v) is 46.2. The van der Waals surface area contributed by atoms with E-state index in [0.29, 0.717) is 64.8 Å². The Hall–Kier alpha value is -5.64. The van der Waals surface area contributed by atoms with E-state index in [9.17, 15) is 20.4 Å². The van der Waals surface area contributed by atoms with Crippen molar-refractivity contribution in [1.82, 2.24) is 10.6 Å². The lowest BCUT2D eigenvalue weighted by atomic mass is 9.79. The van der Waals surface area contributed by atoms with Crippen LogP contribution in [0.15, 0.2) is 97.1 Å². The highest BCUT2D eigenvalue weighted by Gasteiger charge is 2.33. The van der Waals surface area contributed by atoms with E-state index < -0.39 is 12.2 Å². The van der Waals surface area contributed by atoms with Crippen molar-refractivity contribution in [3.63, 3.8) is 0 Å². The fourth-order valence-corrected chi connectivity index (χ4v) is 11.4. The topological polar surface area (TPSA) is 123 Å². The number of nitrogens with one attached hydrogen (secondary N) is 2. The summed E-state index contributed by atoms with van der Waals surface area (Å²) < 4.78 is 14.1. The summed E-state index contributed by atoms with van der Waals surface area (Å²) in [5.74, 6) is 2.02. The van der Waals surface area contributed by atoms with Crippen molar-refractivity contribution in [2.45, 2.75) is 168 Å². The maximum atomic E-state index is 12.8. The van der Waals surface area contributed by atoms with Crippen molar-refractivity contribution in [1.29, 1.82) is 0 Å². The molecular formula is C66H82N2O6. The first-order valence-corrected chi connectivity index (χ1v) is 27.1. The van der Waals surface area contributed by atoms with Crippen LogP contribution in [0.3, 0.4) is 0 Å². The zero-order valence-electron chi connectivity index (χ0n) is 46.2. The molecule has 8 bridgehead atoms. The SMILES string of the molecule is CC(C)(C)c1cc2c(O)c(c1)Cc1cc(C(C)(C)C)cc(c1OCCN[C@@H]1c3ccccc3C[C@@H]1O)Cc1cc(C(C)(C)C)cc(c1O)Cc1cc(C(C)(C)C)cc(c1OCCN[C@@H]1c3ccccc3C[C@@H]1O)C2. The first-order valence-electron chi connectivity index (χ1n) is 27.1. The molecule has 0 saturated heterocycles. The molecule has 4 atom stereocenters. The van der Waals surface area contributed by atoms with Crippen LogP contribution in [0.25, 0.3) is 0 Å². The first kappa shape index (κ1) is 53.2. The molecule has 8 heteroatoms. The van der Waals surface area contributed by atoms with E-state index >= 15 is 0 Å². The number of benzene rings is 6. The summed E-state index contributed by atoms with van der Waals surface area (Å²) >= 11 is 0. The second-order valence-electron chi connectivity index (χ2n) is 25.7. The molecule has 0 fully saturated rings. The molecule has 6 aromatic carbocycles. The Morgan fingerprint density at radius 1 is 0.405 bits per heavy atom. The van der Waals surface area contributed by atoms with Crippen LogP contribution in [0.2, 0.25) is 0 Å². The molecule has 0 spiro atoms. The molecule has 6 aromatic rings.